The number of ketones is 1. The summed E-state index contributed by atoms with van der Waals surface area (Å²) in [4.78, 5) is 40.2. The van der Waals surface area contributed by atoms with Crippen molar-refractivity contribution in [2.24, 2.45) is 0 Å². The molecular weight excluding hydrogens is 378 g/mol. The van der Waals surface area contributed by atoms with Crippen LogP contribution in [0.1, 0.15) is 46.0 Å². The van der Waals surface area contributed by atoms with Crippen LogP contribution in [0.5, 0.6) is 11.5 Å². The molecule has 2 heterocycles. The zero-order valence-corrected chi connectivity index (χ0v) is 16.7. The molecule has 8 heteroatoms. The van der Waals surface area contributed by atoms with Crippen molar-refractivity contribution in [2.75, 3.05) is 13.2 Å². The van der Waals surface area contributed by atoms with E-state index in [0.29, 0.717) is 28.3 Å². The average molecular weight is 401 g/mol. The zero-order valence-electron chi connectivity index (χ0n) is 16.7. The van der Waals surface area contributed by atoms with Crippen molar-refractivity contribution in [3.8, 4) is 11.5 Å². The van der Waals surface area contributed by atoms with Gasteiger partial charge in [-0.3, -0.25) is 4.79 Å². The maximum Gasteiger partial charge on any atom is 0.351 e. The van der Waals surface area contributed by atoms with Crippen molar-refractivity contribution in [1.82, 2.24) is 4.98 Å². The fourth-order valence-electron chi connectivity index (χ4n) is 3.15. The Morgan fingerprint density at radius 3 is 2.59 bits per heavy atom. The van der Waals surface area contributed by atoms with E-state index in [1.807, 2.05) is 0 Å². The monoisotopic (exact) mass is 401 g/mol. The molecule has 1 N–H and O–H groups in total. The number of H-pyrrole nitrogens is 1. The lowest BCUT2D eigenvalue weighted by atomic mass is 10.1. The summed E-state index contributed by atoms with van der Waals surface area (Å²) in [5.74, 6) is -0.674. The molecule has 0 aliphatic carbocycles. The minimum Gasteiger partial charge on any atom is -0.485 e. The molecule has 0 saturated carbocycles. The fourth-order valence-corrected chi connectivity index (χ4v) is 3.15. The van der Waals surface area contributed by atoms with E-state index in [1.54, 1.807) is 45.0 Å². The molecule has 0 unspecified atom stereocenters. The number of hydrogen-bond acceptors (Lipinski definition) is 7. The Morgan fingerprint density at radius 2 is 1.90 bits per heavy atom. The van der Waals surface area contributed by atoms with Crippen LogP contribution in [0, 0.1) is 13.8 Å². The summed E-state index contributed by atoms with van der Waals surface area (Å²) in [7, 11) is 0. The molecule has 0 radical (unpaired) electrons. The van der Waals surface area contributed by atoms with Gasteiger partial charge >= 0.3 is 11.9 Å². The van der Waals surface area contributed by atoms with Gasteiger partial charge in [-0.2, -0.15) is 0 Å². The van der Waals surface area contributed by atoms with E-state index in [2.05, 4.69) is 4.98 Å². The third-order valence-corrected chi connectivity index (χ3v) is 4.60. The highest BCUT2D eigenvalue weighted by atomic mass is 16.6. The molecule has 2 atom stereocenters. The first-order valence-corrected chi connectivity index (χ1v) is 9.33. The number of carbonyl (C=O) groups excluding carboxylic acids is 3. The number of aryl methyl sites for hydroxylation is 1. The van der Waals surface area contributed by atoms with Crippen LogP contribution < -0.4 is 9.47 Å². The summed E-state index contributed by atoms with van der Waals surface area (Å²) in [5.41, 5.74) is 1.50. The summed E-state index contributed by atoms with van der Waals surface area (Å²) < 4.78 is 21.4. The number of carbonyl (C=O) groups is 3. The first-order valence-electron chi connectivity index (χ1n) is 9.33. The zero-order chi connectivity index (χ0) is 21.1. The van der Waals surface area contributed by atoms with Gasteiger partial charge in [0.25, 0.3) is 0 Å². The van der Waals surface area contributed by atoms with Gasteiger partial charge in [0.2, 0.25) is 11.9 Å². The molecule has 0 spiro atoms. The molecule has 3 rings (SSSR count). The van der Waals surface area contributed by atoms with Gasteiger partial charge in [-0.05, 0) is 45.4 Å². The number of esters is 2. The molecule has 0 fully saturated rings. The number of Topliss-reactive ketones (excluding diaryl/α,β-unsaturated/α-hetero) is 1. The maximum absolute atomic E-state index is 12.8. The van der Waals surface area contributed by atoms with Crippen molar-refractivity contribution < 1.29 is 33.3 Å². The van der Waals surface area contributed by atoms with Crippen LogP contribution in [0.2, 0.25) is 0 Å². The van der Waals surface area contributed by atoms with Gasteiger partial charge < -0.3 is 23.9 Å². The highest BCUT2D eigenvalue weighted by molar-refractivity contribution is 6.04. The molecule has 154 valence electrons. The van der Waals surface area contributed by atoms with Gasteiger partial charge in [0.15, 0.2) is 17.6 Å². The quantitative estimate of drug-likeness (QED) is 0.586. The van der Waals surface area contributed by atoms with E-state index in [-0.39, 0.29) is 18.9 Å². The smallest absolute Gasteiger partial charge is 0.351 e. The second kappa shape index (κ2) is 8.38. The van der Waals surface area contributed by atoms with E-state index in [0.717, 1.165) is 0 Å². The Hall–Kier alpha value is -3.29. The highest BCUT2D eigenvalue weighted by Gasteiger charge is 2.33. The minimum absolute atomic E-state index is 0.00952. The molecular formula is C21H23NO7. The van der Waals surface area contributed by atoms with Crippen LogP contribution in [0.15, 0.2) is 24.3 Å². The van der Waals surface area contributed by atoms with Gasteiger partial charge in [-0.15, -0.1) is 0 Å². The Morgan fingerprint density at radius 1 is 1.21 bits per heavy atom. The van der Waals surface area contributed by atoms with E-state index >= 15 is 0 Å². The van der Waals surface area contributed by atoms with Crippen molar-refractivity contribution in [2.45, 2.75) is 39.9 Å². The molecule has 2 aromatic rings. The standard InChI is InChI=1S/C21H23NO7/c1-5-26-21(25)17-11(2)18(22-12(17)3)19(23)13(4)28-20(24)16-10-27-14-8-6-7-9-15(14)29-16/h6-9,13,16,22H,5,10H2,1-4H3/t13-,16+/m0/s1. The average Bonchev–Trinajstić information content (AvgIpc) is 3.01. The molecule has 1 aromatic carbocycles. The second-order valence-corrected chi connectivity index (χ2v) is 6.65. The predicted octanol–water partition coefficient (Wildman–Crippen LogP) is 2.76. The lowest BCUT2D eigenvalue weighted by Crippen LogP contribution is -2.40. The SMILES string of the molecule is CCOC(=O)c1c(C)[nH]c(C(=O)[C@H](C)OC(=O)[C@H]2COc3ccccc3O2)c1C. The number of nitrogens with one attached hydrogen (secondary N) is 1. The summed E-state index contributed by atoms with van der Waals surface area (Å²) in [6.07, 6.45) is -2.04. The van der Waals surface area contributed by atoms with Gasteiger partial charge in [0, 0.05) is 5.69 Å². The minimum atomic E-state index is -1.07. The number of rotatable bonds is 6. The number of fused-ring (bicyclic) bond motifs is 1. The lowest BCUT2D eigenvalue weighted by molar-refractivity contribution is -0.157. The molecule has 8 nitrogen and oxygen atoms in total. The van der Waals surface area contributed by atoms with Gasteiger partial charge in [-0.1, -0.05) is 12.1 Å². The molecule has 0 saturated heterocycles. The number of aromatic amines is 1. The normalized spacial score (nSPS) is 16.1. The topological polar surface area (TPSA) is 104 Å². The molecule has 0 bridgehead atoms. The van der Waals surface area contributed by atoms with Crippen LogP contribution in [0.25, 0.3) is 0 Å². The second-order valence-electron chi connectivity index (χ2n) is 6.65. The van der Waals surface area contributed by atoms with Gasteiger partial charge in [0.05, 0.1) is 17.9 Å². The number of para-hydroxylation sites is 2. The van der Waals surface area contributed by atoms with E-state index in [9.17, 15) is 14.4 Å². The van der Waals surface area contributed by atoms with Crippen LogP contribution in [0.4, 0.5) is 0 Å². The molecule has 1 aliphatic rings. The third-order valence-electron chi connectivity index (χ3n) is 4.60. The van der Waals surface area contributed by atoms with E-state index < -0.39 is 29.9 Å². The molecule has 1 aliphatic heterocycles. The number of hydrogen-bond donors (Lipinski definition) is 1. The first kappa shape index (κ1) is 20.4. The van der Waals surface area contributed by atoms with Gasteiger partial charge in [-0.25, -0.2) is 9.59 Å². The van der Waals surface area contributed by atoms with Crippen LogP contribution >= 0.6 is 0 Å². The van der Waals surface area contributed by atoms with Crippen molar-refractivity contribution >= 4 is 17.7 Å². The molecule has 0 amide bonds. The Balaban J connectivity index is 1.69. The number of ether oxygens (including phenoxy) is 4. The third kappa shape index (κ3) is 4.11. The Kier molecular flexibility index (Phi) is 5.91. The van der Waals surface area contributed by atoms with Crippen molar-refractivity contribution in [1.29, 1.82) is 0 Å². The predicted molar refractivity (Wildman–Crippen MR) is 102 cm³/mol. The number of benzene rings is 1. The highest BCUT2D eigenvalue weighted by Crippen LogP contribution is 2.31. The Labute approximate surface area is 168 Å². The first-order chi connectivity index (χ1) is 13.8. The summed E-state index contributed by atoms with van der Waals surface area (Å²) >= 11 is 0. The van der Waals surface area contributed by atoms with Crippen molar-refractivity contribution in [3.05, 3.63) is 46.8 Å². The number of aromatic nitrogens is 1. The van der Waals surface area contributed by atoms with Crippen LogP contribution in [-0.2, 0) is 14.3 Å². The maximum atomic E-state index is 12.8. The Bertz CT molecular complexity index is 947. The fraction of sp³-hybridized carbons (Fsp3) is 0.381. The summed E-state index contributed by atoms with van der Waals surface area (Å²) in [6, 6.07) is 6.98. The van der Waals surface area contributed by atoms with Crippen molar-refractivity contribution in [3.63, 3.8) is 0 Å². The van der Waals surface area contributed by atoms with Gasteiger partial charge in [0.1, 0.15) is 6.61 Å². The van der Waals surface area contributed by atoms with E-state index in [4.69, 9.17) is 18.9 Å². The largest absolute Gasteiger partial charge is 0.485 e. The van der Waals surface area contributed by atoms with Crippen LogP contribution in [-0.4, -0.2) is 48.1 Å². The van der Waals surface area contributed by atoms with E-state index in [1.165, 1.54) is 6.92 Å². The summed E-state index contributed by atoms with van der Waals surface area (Å²) in [5, 5.41) is 0. The summed E-state index contributed by atoms with van der Waals surface area (Å²) in [6.45, 7) is 6.72. The lowest BCUT2D eigenvalue weighted by Gasteiger charge is -2.25. The molecule has 29 heavy (non-hydrogen) atoms. The molecule has 1 aromatic heterocycles. The van der Waals surface area contributed by atoms with Crippen LogP contribution in [0.3, 0.4) is 0 Å².